The van der Waals surface area contributed by atoms with Crippen LogP contribution in [0.25, 0.3) is 0 Å². The van der Waals surface area contributed by atoms with Crippen LogP contribution in [0.15, 0.2) is 0 Å². The average Bonchev–Trinajstić information content (AvgIpc) is 2.27. The van der Waals surface area contributed by atoms with E-state index in [0.29, 0.717) is 12.1 Å². The number of piperidine rings is 1. The monoisotopic (exact) mass is 228 g/mol. The van der Waals surface area contributed by atoms with Crippen molar-refractivity contribution in [2.45, 2.75) is 52.2 Å². The summed E-state index contributed by atoms with van der Waals surface area (Å²) in [5, 5.41) is 3.54. The predicted molar refractivity (Wildman–Crippen MR) is 68.8 cm³/mol. The van der Waals surface area contributed by atoms with Crippen LogP contribution in [0, 0.1) is 0 Å². The minimum Gasteiger partial charge on any atom is -0.377 e. The Labute approximate surface area is 101 Å². The smallest absolute Gasteiger partial charge is 0.0702 e. The molecule has 0 aliphatic carbocycles. The molecule has 1 N–H and O–H groups in total. The first kappa shape index (κ1) is 13.9. The van der Waals surface area contributed by atoms with Crippen LogP contribution >= 0.6 is 0 Å². The van der Waals surface area contributed by atoms with Gasteiger partial charge in [0.25, 0.3) is 0 Å². The van der Waals surface area contributed by atoms with E-state index in [2.05, 4.69) is 31.0 Å². The Kier molecular flexibility index (Phi) is 7.01. The Morgan fingerprint density at radius 1 is 1.44 bits per heavy atom. The predicted octanol–water partition coefficient (Wildman–Crippen LogP) is 1.88. The summed E-state index contributed by atoms with van der Waals surface area (Å²) in [6.45, 7) is 12.1. The van der Waals surface area contributed by atoms with Gasteiger partial charge < -0.3 is 10.1 Å². The maximum Gasteiger partial charge on any atom is 0.0702 e. The maximum atomic E-state index is 5.71. The lowest BCUT2D eigenvalue weighted by Gasteiger charge is -2.34. The molecule has 96 valence electrons. The van der Waals surface area contributed by atoms with Crippen molar-refractivity contribution in [3.05, 3.63) is 0 Å². The van der Waals surface area contributed by atoms with Gasteiger partial charge in [-0.1, -0.05) is 6.92 Å². The van der Waals surface area contributed by atoms with E-state index in [1.807, 2.05) is 0 Å². The fourth-order valence-electron chi connectivity index (χ4n) is 2.39. The highest BCUT2D eigenvalue weighted by Crippen LogP contribution is 2.13. The number of nitrogens with zero attached hydrogens (tertiary/aromatic N) is 1. The summed E-state index contributed by atoms with van der Waals surface area (Å²) in [6.07, 6.45) is 4.20. The lowest BCUT2D eigenvalue weighted by atomic mass is 10.1. The van der Waals surface area contributed by atoms with E-state index in [-0.39, 0.29) is 0 Å². The Balaban J connectivity index is 2.20. The topological polar surface area (TPSA) is 24.5 Å². The highest BCUT2D eigenvalue weighted by Gasteiger charge is 2.20. The second kappa shape index (κ2) is 8.04. The zero-order valence-corrected chi connectivity index (χ0v) is 11.2. The van der Waals surface area contributed by atoms with Crippen LogP contribution in [0.5, 0.6) is 0 Å². The molecule has 1 aliphatic rings. The van der Waals surface area contributed by atoms with E-state index in [9.17, 15) is 0 Å². The van der Waals surface area contributed by atoms with Crippen LogP contribution in [0.4, 0.5) is 0 Å². The van der Waals surface area contributed by atoms with E-state index in [1.165, 1.54) is 25.8 Å². The van der Waals surface area contributed by atoms with Gasteiger partial charge >= 0.3 is 0 Å². The lowest BCUT2D eigenvalue weighted by Crippen LogP contribution is -2.46. The molecule has 1 saturated heterocycles. The lowest BCUT2D eigenvalue weighted by molar-refractivity contribution is 0.00407. The van der Waals surface area contributed by atoms with Gasteiger partial charge in [-0.25, -0.2) is 0 Å². The second-order valence-corrected chi connectivity index (χ2v) is 4.83. The van der Waals surface area contributed by atoms with E-state index in [0.717, 1.165) is 26.2 Å². The first-order chi connectivity index (χ1) is 7.76. The van der Waals surface area contributed by atoms with Crippen molar-refractivity contribution < 1.29 is 4.74 Å². The van der Waals surface area contributed by atoms with Gasteiger partial charge in [-0.05, 0) is 46.2 Å². The highest BCUT2D eigenvalue weighted by atomic mass is 16.5. The van der Waals surface area contributed by atoms with Crippen LogP contribution < -0.4 is 5.32 Å². The van der Waals surface area contributed by atoms with Gasteiger partial charge in [-0.2, -0.15) is 0 Å². The molecular formula is C13H28N2O. The Bertz CT molecular complexity index is 173. The quantitative estimate of drug-likeness (QED) is 0.720. The van der Waals surface area contributed by atoms with Crippen LogP contribution in [-0.2, 0) is 4.74 Å². The van der Waals surface area contributed by atoms with E-state index in [1.54, 1.807) is 0 Å². The van der Waals surface area contributed by atoms with Gasteiger partial charge in [-0.3, -0.25) is 4.90 Å². The summed E-state index contributed by atoms with van der Waals surface area (Å²) in [4.78, 5) is 2.54. The summed E-state index contributed by atoms with van der Waals surface area (Å²) >= 11 is 0. The van der Waals surface area contributed by atoms with Crippen LogP contribution in [0.3, 0.4) is 0 Å². The Morgan fingerprint density at radius 3 is 2.94 bits per heavy atom. The fourth-order valence-corrected chi connectivity index (χ4v) is 2.39. The zero-order valence-electron chi connectivity index (χ0n) is 11.2. The fraction of sp³-hybridized carbons (Fsp3) is 1.00. The van der Waals surface area contributed by atoms with Gasteiger partial charge in [0.1, 0.15) is 0 Å². The van der Waals surface area contributed by atoms with E-state index in [4.69, 9.17) is 4.74 Å². The van der Waals surface area contributed by atoms with Gasteiger partial charge in [0.05, 0.1) is 6.10 Å². The van der Waals surface area contributed by atoms with Crippen molar-refractivity contribution in [2.24, 2.45) is 0 Å². The molecule has 0 aromatic heterocycles. The molecular weight excluding hydrogens is 200 g/mol. The minimum atomic E-state index is 0.470. The molecule has 16 heavy (non-hydrogen) atoms. The number of hydrogen-bond donors (Lipinski definition) is 1. The molecule has 2 unspecified atom stereocenters. The third-order valence-corrected chi connectivity index (χ3v) is 3.14. The van der Waals surface area contributed by atoms with Crippen LogP contribution in [0.2, 0.25) is 0 Å². The molecule has 2 atom stereocenters. The average molecular weight is 228 g/mol. The Morgan fingerprint density at radius 2 is 2.25 bits per heavy atom. The first-order valence-electron chi connectivity index (χ1n) is 6.83. The molecule has 1 aliphatic heterocycles. The van der Waals surface area contributed by atoms with Gasteiger partial charge in [0.15, 0.2) is 0 Å². The number of nitrogens with one attached hydrogen (secondary N) is 1. The van der Waals surface area contributed by atoms with Crippen molar-refractivity contribution in [2.75, 3.05) is 32.8 Å². The molecule has 3 heteroatoms. The van der Waals surface area contributed by atoms with Crippen LogP contribution in [0.1, 0.15) is 40.0 Å². The Hall–Kier alpha value is -0.120. The molecule has 0 radical (unpaired) electrons. The molecule has 0 spiro atoms. The maximum absolute atomic E-state index is 5.71. The second-order valence-electron chi connectivity index (χ2n) is 4.83. The summed E-state index contributed by atoms with van der Waals surface area (Å²) in [5.41, 5.74) is 0. The first-order valence-corrected chi connectivity index (χ1v) is 6.83. The molecule has 0 aromatic rings. The third-order valence-electron chi connectivity index (χ3n) is 3.14. The number of likely N-dealkylation sites (tertiary alicyclic amines) is 1. The van der Waals surface area contributed by atoms with Crippen molar-refractivity contribution >= 4 is 0 Å². The van der Waals surface area contributed by atoms with Crippen molar-refractivity contribution in [3.8, 4) is 0 Å². The minimum absolute atomic E-state index is 0.470. The molecule has 0 saturated carbocycles. The number of hydrogen-bond acceptors (Lipinski definition) is 3. The molecule has 1 rings (SSSR count). The summed E-state index contributed by atoms with van der Waals surface area (Å²) in [6, 6.07) is 0.598. The van der Waals surface area contributed by atoms with Gasteiger partial charge in [-0.15, -0.1) is 0 Å². The van der Waals surface area contributed by atoms with Crippen molar-refractivity contribution in [1.29, 1.82) is 0 Å². The van der Waals surface area contributed by atoms with Gasteiger partial charge in [0.2, 0.25) is 0 Å². The van der Waals surface area contributed by atoms with Crippen molar-refractivity contribution in [1.82, 2.24) is 10.2 Å². The van der Waals surface area contributed by atoms with Crippen LogP contribution in [-0.4, -0.2) is 49.8 Å². The van der Waals surface area contributed by atoms with E-state index >= 15 is 0 Å². The molecule has 1 heterocycles. The van der Waals surface area contributed by atoms with Crippen molar-refractivity contribution in [3.63, 3.8) is 0 Å². The molecule has 0 bridgehead atoms. The normalized spacial score (nSPS) is 24.6. The SMILES string of the molecule is CCCNC(C)CN1CCCC(OCC)C1. The van der Waals surface area contributed by atoms with Gasteiger partial charge in [0, 0.05) is 25.7 Å². The van der Waals surface area contributed by atoms with E-state index < -0.39 is 0 Å². The standard InChI is InChI=1S/C13H28N2O/c1-4-8-14-12(3)10-15-9-6-7-13(11-15)16-5-2/h12-14H,4-11H2,1-3H3. The number of ether oxygens (including phenoxy) is 1. The molecule has 3 nitrogen and oxygen atoms in total. The molecule has 1 fully saturated rings. The summed E-state index contributed by atoms with van der Waals surface area (Å²) in [5.74, 6) is 0. The molecule has 0 aromatic carbocycles. The summed E-state index contributed by atoms with van der Waals surface area (Å²) < 4.78 is 5.71. The third kappa shape index (κ3) is 5.28. The zero-order chi connectivity index (χ0) is 11.8. The number of rotatable bonds is 7. The largest absolute Gasteiger partial charge is 0.377 e. The molecule has 0 amide bonds. The summed E-state index contributed by atoms with van der Waals surface area (Å²) in [7, 11) is 0. The highest BCUT2D eigenvalue weighted by molar-refractivity contribution is 4.76.